The summed E-state index contributed by atoms with van der Waals surface area (Å²) < 4.78 is 37.1. The minimum absolute atomic E-state index is 0.0125. The molecule has 0 saturated heterocycles. The van der Waals surface area contributed by atoms with Crippen LogP contribution in [0.15, 0.2) is 0 Å². The molecule has 0 bridgehead atoms. The zero-order valence-corrected chi connectivity index (χ0v) is 7.35. The maximum atomic E-state index is 13.0. The zero-order valence-electron chi connectivity index (χ0n) is 7.35. The van der Waals surface area contributed by atoms with Crippen LogP contribution in [0.3, 0.4) is 0 Å². The van der Waals surface area contributed by atoms with E-state index in [0.717, 1.165) is 0 Å². The van der Waals surface area contributed by atoms with Crippen LogP contribution in [-0.4, -0.2) is 24.2 Å². The molecule has 0 spiro atoms. The van der Waals surface area contributed by atoms with Crippen molar-refractivity contribution in [2.45, 2.75) is 49.9 Å². The van der Waals surface area contributed by atoms with Crippen molar-refractivity contribution in [3.05, 3.63) is 0 Å². The van der Waals surface area contributed by atoms with Crippen LogP contribution >= 0.6 is 0 Å². The first kappa shape index (κ1) is 10.8. The Balaban J connectivity index is 2.56. The molecule has 1 aliphatic carbocycles. The van der Waals surface area contributed by atoms with Crippen LogP contribution < -0.4 is 11.5 Å². The van der Waals surface area contributed by atoms with Crippen molar-refractivity contribution in [2.75, 3.05) is 0 Å². The van der Waals surface area contributed by atoms with Crippen LogP contribution in [0.5, 0.6) is 0 Å². The standard InChI is InChI=1S/C8H15F3N2/c9-6(7(10)11)8(13)3-1-5(12)2-4-8/h5-7H,1-4,12-13H2. The molecule has 0 heterocycles. The molecule has 0 amide bonds. The van der Waals surface area contributed by atoms with E-state index in [1.54, 1.807) is 0 Å². The van der Waals surface area contributed by atoms with E-state index in [1.807, 2.05) is 0 Å². The first-order valence-electron chi connectivity index (χ1n) is 4.42. The highest BCUT2D eigenvalue weighted by molar-refractivity contribution is 4.97. The summed E-state index contributed by atoms with van der Waals surface area (Å²) in [6, 6.07) is -0.0125. The summed E-state index contributed by atoms with van der Waals surface area (Å²) in [6.07, 6.45) is -3.65. The van der Waals surface area contributed by atoms with Crippen LogP contribution in [-0.2, 0) is 0 Å². The number of rotatable bonds is 2. The van der Waals surface area contributed by atoms with Crippen molar-refractivity contribution in [3.8, 4) is 0 Å². The van der Waals surface area contributed by atoms with Gasteiger partial charge in [-0.25, -0.2) is 13.2 Å². The summed E-state index contributed by atoms with van der Waals surface area (Å²) in [5.74, 6) is 0. The summed E-state index contributed by atoms with van der Waals surface area (Å²) in [4.78, 5) is 0. The topological polar surface area (TPSA) is 52.0 Å². The fourth-order valence-corrected chi connectivity index (χ4v) is 1.70. The summed E-state index contributed by atoms with van der Waals surface area (Å²) in [7, 11) is 0. The molecular formula is C8H15F3N2. The van der Waals surface area contributed by atoms with Gasteiger partial charge in [0.2, 0.25) is 0 Å². The number of alkyl halides is 3. The Bertz CT molecular complexity index is 167. The summed E-state index contributed by atoms with van der Waals surface area (Å²) in [6.45, 7) is 0. The number of hydrogen-bond donors (Lipinski definition) is 2. The molecule has 1 fully saturated rings. The van der Waals surface area contributed by atoms with E-state index in [-0.39, 0.29) is 18.9 Å². The number of hydrogen-bond acceptors (Lipinski definition) is 2. The second kappa shape index (κ2) is 3.84. The van der Waals surface area contributed by atoms with Gasteiger partial charge in [-0.15, -0.1) is 0 Å². The molecule has 78 valence electrons. The second-order valence-electron chi connectivity index (χ2n) is 3.81. The molecule has 13 heavy (non-hydrogen) atoms. The van der Waals surface area contributed by atoms with Crippen molar-refractivity contribution in [1.82, 2.24) is 0 Å². The molecule has 0 aromatic heterocycles. The molecule has 5 heteroatoms. The smallest absolute Gasteiger partial charge is 0.271 e. The van der Waals surface area contributed by atoms with Crippen molar-refractivity contribution >= 4 is 0 Å². The lowest BCUT2D eigenvalue weighted by molar-refractivity contribution is -0.00939. The van der Waals surface area contributed by atoms with Crippen LogP contribution in [0.2, 0.25) is 0 Å². The first-order valence-corrected chi connectivity index (χ1v) is 4.42. The third-order valence-electron chi connectivity index (χ3n) is 2.73. The molecule has 1 aliphatic rings. The van der Waals surface area contributed by atoms with E-state index in [9.17, 15) is 13.2 Å². The van der Waals surface area contributed by atoms with Gasteiger partial charge in [-0.2, -0.15) is 0 Å². The predicted molar refractivity (Wildman–Crippen MR) is 44.3 cm³/mol. The van der Waals surface area contributed by atoms with E-state index in [2.05, 4.69) is 0 Å². The van der Waals surface area contributed by atoms with Gasteiger partial charge in [0.1, 0.15) is 0 Å². The highest BCUT2D eigenvalue weighted by atomic mass is 19.3. The average Bonchev–Trinajstić information content (AvgIpc) is 2.09. The quantitative estimate of drug-likeness (QED) is 0.697. The second-order valence-corrected chi connectivity index (χ2v) is 3.81. The normalized spacial score (nSPS) is 37.8. The predicted octanol–water partition coefficient (Wildman–Crippen LogP) is 1.19. The molecular weight excluding hydrogens is 181 g/mol. The van der Waals surface area contributed by atoms with Gasteiger partial charge in [0.25, 0.3) is 6.43 Å². The largest absolute Gasteiger partial charge is 0.328 e. The SMILES string of the molecule is NC1CCC(N)(C(F)C(F)F)CC1. The summed E-state index contributed by atoms with van der Waals surface area (Å²) in [5.41, 5.74) is 9.76. The van der Waals surface area contributed by atoms with Crippen molar-refractivity contribution in [3.63, 3.8) is 0 Å². The van der Waals surface area contributed by atoms with Gasteiger partial charge in [0.05, 0.1) is 5.54 Å². The lowest BCUT2D eigenvalue weighted by atomic mass is 9.77. The van der Waals surface area contributed by atoms with Crippen LogP contribution in [0.25, 0.3) is 0 Å². The van der Waals surface area contributed by atoms with E-state index in [0.29, 0.717) is 12.8 Å². The van der Waals surface area contributed by atoms with Crippen LogP contribution in [0, 0.1) is 0 Å². The lowest BCUT2D eigenvalue weighted by Gasteiger charge is -2.37. The van der Waals surface area contributed by atoms with Crippen LogP contribution in [0.4, 0.5) is 13.2 Å². The van der Waals surface area contributed by atoms with Crippen molar-refractivity contribution in [1.29, 1.82) is 0 Å². The third kappa shape index (κ3) is 2.34. The van der Waals surface area contributed by atoms with E-state index < -0.39 is 18.1 Å². The highest BCUT2D eigenvalue weighted by Gasteiger charge is 2.43. The lowest BCUT2D eigenvalue weighted by Crippen LogP contribution is -2.55. The Labute approximate surface area is 75.5 Å². The monoisotopic (exact) mass is 196 g/mol. The summed E-state index contributed by atoms with van der Waals surface area (Å²) >= 11 is 0. The Hall–Kier alpha value is -0.290. The molecule has 0 aliphatic heterocycles. The fourth-order valence-electron chi connectivity index (χ4n) is 1.70. The van der Waals surface area contributed by atoms with Gasteiger partial charge in [0, 0.05) is 6.04 Å². The van der Waals surface area contributed by atoms with Crippen LogP contribution in [0.1, 0.15) is 25.7 Å². The Morgan fingerprint density at radius 1 is 1.15 bits per heavy atom. The Kier molecular flexibility index (Phi) is 3.18. The summed E-state index contributed by atoms with van der Waals surface area (Å²) in [5, 5.41) is 0. The van der Waals surface area contributed by atoms with Gasteiger partial charge < -0.3 is 11.5 Å². The molecule has 0 radical (unpaired) electrons. The van der Waals surface area contributed by atoms with Gasteiger partial charge in [-0.05, 0) is 25.7 Å². The highest BCUT2D eigenvalue weighted by Crippen LogP contribution is 2.32. The van der Waals surface area contributed by atoms with E-state index >= 15 is 0 Å². The molecule has 1 unspecified atom stereocenters. The molecule has 2 nitrogen and oxygen atoms in total. The average molecular weight is 196 g/mol. The Morgan fingerprint density at radius 3 is 2.00 bits per heavy atom. The maximum absolute atomic E-state index is 13.0. The minimum atomic E-state index is -2.99. The van der Waals surface area contributed by atoms with Gasteiger partial charge in [-0.1, -0.05) is 0 Å². The van der Waals surface area contributed by atoms with Gasteiger partial charge >= 0.3 is 0 Å². The van der Waals surface area contributed by atoms with Crippen molar-refractivity contribution < 1.29 is 13.2 Å². The molecule has 0 aromatic rings. The van der Waals surface area contributed by atoms with E-state index in [1.165, 1.54) is 0 Å². The molecule has 1 saturated carbocycles. The Morgan fingerprint density at radius 2 is 1.62 bits per heavy atom. The number of halogens is 3. The first-order chi connectivity index (χ1) is 5.96. The molecule has 0 aromatic carbocycles. The molecule has 1 rings (SSSR count). The van der Waals surface area contributed by atoms with E-state index in [4.69, 9.17) is 11.5 Å². The number of nitrogens with two attached hydrogens (primary N) is 2. The molecule has 1 atom stereocenters. The maximum Gasteiger partial charge on any atom is 0.271 e. The fraction of sp³-hybridized carbons (Fsp3) is 1.00. The van der Waals surface area contributed by atoms with Crippen molar-refractivity contribution in [2.24, 2.45) is 11.5 Å². The third-order valence-corrected chi connectivity index (χ3v) is 2.73. The minimum Gasteiger partial charge on any atom is -0.328 e. The van der Waals surface area contributed by atoms with Gasteiger partial charge in [0.15, 0.2) is 6.17 Å². The zero-order chi connectivity index (χ0) is 10.1. The van der Waals surface area contributed by atoms with Gasteiger partial charge in [-0.3, -0.25) is 0 Å². The molecule has 4 N–H and O–H groups in total.